The number of hydrogen-bond acceptors (Lipinski definition) is 4. The highest BCUT2D eigenvalue weighted by atomic mass is 16.1. The molecule has 0 saturated carbocycles. The minimum Gasteiger partial charge on any atom is -0.310 e. The van der Waals surface area contributed by atoms with Gasteiger partial charge < -0.3 is 10.6 Å². The molecule has 0 fully saturated rings. The second kappa shape index (κ2) is 15.8. The van der Waals surface area contributed by atoms with E-state index in [0.29, 0.717) is 0 Å². The number of carbonyl (C=O) groups excluding carboxylic acids is 2. The van der Waals surface area contributed by atoms with Crippen molar-refractivity contribution in [3.63, 3.8) is 0 Å². The number of Topliss-reactive ketones (excluding diaryl/α,β-unsaturated/α-hetero) is 2. The summed E-state index contributed by atoms with van der Waals surface area (Å²) in [6.45, 7) is 12.8. The Morgan fingerprint density at radius 2 is 1.50 bits per heavy atom. The lowest BCUT2D eigenvalue weighted by Crippen LogP contribution is -2.49. The standard InChI is InChI=1S/C14H25NO.C12H17NO/c1-5-7-9-11-14(15-4,13(3)16)12-10-8-6-2;1-9-4-6-11(7-5-9)8-12(13-3)10(2)14/h5-6,15H,1-2,7-12H2,3-4H3;4-7,12-13H,8H2,1-3H3/t;12-/m.0/s1. The first-order valence-electron chi connectivity index (χ1n) is 10.9. The number of likely N-dealkylation sites (N-methyl/N-ethyl adjacent to an activating group) is 2. The van der Waals surface area contributed by atoms with E-state index >= 15 is 0 Å². The molecule has 1 rings (SSSR count). The van der Waals surface area contributed by atoms with Gasteiger partial charge in [0.2, 0.25) is 0 Å². The smallest absolute Gasteiger partial charge is 0.149 e. The molecule has 1 aromatic rings. The molecule has 0 spiro atoms. The van der Waals surface area contributed by atoms with Gasteiger partial charge in [-0.25, -0.2) is 0 Å². The third-order valence-corrected chi connectivity index (χ3v) is 5.58. The SMILES string of the molecule is C=CCCCC(CCCC=C)(NC)C(C)=O.CN[C@@H](Cc1ccc(C)cc1)C(C)=O. The Morgan fingerprint density at radius 1 is 1.00 bits per heavy atom. The van der Waals surface area contributed by atoms with Crippen molar-refractivity contribution >= 4 is 11.6 Å². The van der Waals surface area contributed by atoms with E-state index in [0.717, 1.165) is 44.9 Å². The molecule has 1 aromatic carbocycles. The monoisotopic (exact) mass is 414 g/mol. The van der Waals surface area contributed by atoms with Gasteiger partial charge in [0.05, 0.1) is 11.6 Å². The highest BCUT2D eigenvalue weighted by molar-refractivity contribution is 5.86. The van der Waals surface area contributed by atoms with Gasteiger partial charge in [0.1, 0.15) is 11.6 Å². The quantitative estimate of drug-likeness (QED) is 0.334. The van der Waals surface area contributed by atoms with Crippen LogP contribution in [-0.4, -0.2) is 37.2 Å². The van der Waals surface area contributed by atoms with Gasteiger partial charge in [-0.05, 0) is 85.4 Å². The summed E-state index contributed by atoms with van der Waals surface area (Å²) in [5.74, 6) is 0.427. The van der Waals surface area contributed by atoms with Crippen LogP contribution in [0, 0.1) is 6.92 Å². The lowest BCUT2D eigenvalue weighted by atomic mass is 9.84. The Bertz CT molecular complexity index is 636. The number of nitrogens with one attached hydrogen (secondary N) is 2. The number of allylic oxidation sites excluding steroid dienone is 2. The minimum atomic E-state index is -0.341. The topological polar surface area (TPSA) is 58.2 Å². The molecule has 0 heterocycles. The number of unbranched alkanes of at least 4 members (excludes halogenated alkanes) is 2. The van der Waals surface area contributed by atoms with Crippen molar-refractivity contribution in [2.45, 2.75) is 77.3 Å². The van der Waals surface area contributed by atoms with Crippen LogP contribution in [0.15, 0.2) is 49.6 Å². The molecular formula is C26H42N2O2. The lowest BCUT2D eigenvalue weighted by molar-refractivity contribution is -0.124. The summed E-state index contributed by atoms with van der Waals surface area (Å²) in [6, 6.07) is 8.23. The van der Waals surface area contributed by atoms with E-state index in [1.807, 2.05) is 26.2 Å². The molecule has 0 aromatic heterocycles. The van der Waals surface area contributed by atoms with E-state index in [-0.39, 0.29) is 23.1 Å². The molecule has 30 heavy (non-hydrogen) atoms. The third-order valence-electron chi connectivity index (χ3n) is 5.58. The van der Waals surface area contributed by atoms with Crippen molar-refractivity contribution < 1.29 is 9.59 Å². The number of ketones is 2. The summed E-state index contributed by atoms with van der Waals surface area (Å²) >= 11 is 0. The van der Waals surface area contributed by atoms with Crippen LogP contribution >= 0.6 is 0 Å². The van der Waals surface area contributed by atoms with E-state index in [9.17, 15) is 9.59 Å². The molecule has 0 unspecified atom stereocenters. The lowest BCUT2D eigenvalue weighted by Gasteiger charge is -2.31. The highest BCUT2D eigenvalue weighted by Gasteiger charge is 2.31. The van der Waals surface area contributed by atoms with Gasteiger partial charge in [0.15, 0.2) is 0 Å². The second-order valence-corrected chi connectivity index (χ2v) is 7.89. The molecule has 0 radical (unpaired) electrons. The number of carbonyl (C=O) groups is 2. The minimum absolute atomic E-state index is 0.0577. The fourth-order valence-corrected chi connectivity index (χ4v) is 3.41. The van der Waals surface area contributed by atoms with Crippen LogP contribution in [0.4, 0.5) is 0 Å². The summed E-state index contributed by atoms with van der Waals surface area (Å²) in [5, 5.41) is 6.23. The molecule has 0 bridgehead atoms. The number of benzene rings is 1. The fraction of sp³-hybridized carbons (Fsp3) is 0.538. The van der Waals surface area contributed by atoms with Crippen molar-refractivity contribution in [1.29, 1.82) is 0 Å². The zero-order valence-corrected chi connectivity index (χ0v) is 19.7. The third kappa shape index (κ3) is 10.7. The molecule has 0 amide bonds. The largest absolute Gasteiger partial charge is 0.310 e. The molecule has 0 aliphatic heterocycles. The van der Waals surface area contributed by atoms with Gasteiger partial charge in [0.25, 0.3) is 0 Å². The average Bonchev–Trinajstić information content (AvgIpc) is 2.72. The molecule has 0 aliphatic carbocycles. The Kier molecular flexibility index (Phi) is 14.7. The van der Waals surface area contributed by atoms with Crippen LogP contribution < -0.4 is 10.6 Å². The van der Waals surface area contributed by atoms with Gasteiger partial charge in [-0.3, -0.25) is 9.59 Å². The van der Waals surface area contributed by atoms with Crippen molar-refractivity contribution in [1.82, 2.24) is 10.6 Å². The fourth-order valence-electron chi connectivity index (χ4n) is 3.41. The predicted molar refractivity (Wildman–Crippen MR) is 129 cm³/mol. The van der Waals surface area contributed by atoms with Crippen LogP contribution in [0.1, 0.15) is 63.5 Å². The van der Waals surface area contributed by atoms with Crippen molar-refractivity contribution in [2.75, 3.05) is 14.1 Å². The molecule has 168 valence electrons. The molecule has 1 atom stereocenters. The van der Waals surface area contributed by atoms with Crippen LogP contribution in [-0.2, 0) is 16.0 Å². The summed E-state index contributed by atoms with van der Waals surface area (Å²) in [7, 11) is 3.70. The normalized spacial score (nSPS) is 11.8. The van der Waals surface area contributed by atoms with Gasteiger partial charge in [-0.15, -0.1) is 13.2 Å². The van der Waals surface area contributed by atoms with Crippen LogP contribution in [0.2, 0.25) is 0 Å². The van der Waals surface area contributed by atoms with Crippen molar-refractivity contribution in [3.05, 3.63) is 60.7 Å². The second-order valence-electron chi connectivity index (χ2n) is 7.89. The van der Waals surface area contributed by atoms with E-state index in [1.165, 1.54) is 11.1 Å². The average molecular weight is 415 g/mol. The Morgan fingerprint density at radius 3 is 1.83 bits per heavy atom. The van der Waals surface area contributed by atoms with E-state index in [1.54, 1.807) is 13.8 Å². The van der Waals surface area contributed by atoms with Gasteiger partial charge in [-0.2, -0.15) is 0 Å². The molecule has 0 saturated heterocycles. The summed E-state index contributed by atoms with van der Waals surface area (Å²) in [5.41, 5.74) is 2.11. The molecule has 4 nitrogen and oxygen atoms in total. The van der Waals surface area contributed by atoms with Gasteiger partial charge >= 0.3 is 0 Å². The molecular weight excluding hydrogens is 372 g/mol. The van der Waals surface area contributed by atoms with Crippen molar-refractivity contribution in [3.8, 4) is 0 Å². The Labute approximate surface area is 184 Å². The summed E-state index contributed by atoms with van der Waals surface area (Å²) in [6.07, 6.45) is 10.3. The first-order chi connectivity index (χ1) is 14.3. The van der Waals surface area contributed by atoms with Crippen LogP contribution in [0.3, 0.4) is 0 Å². The molecule has 4 heteroatoms. The maximum atomic E-state index is 11.8. The zero-order valence-electron chi connectivity index (χ0n) is 19.7. The zero-order chi connectivity index (χ0) is 23.0. The number of aryl methyl sites for hydroxylation is 1. The van der Waals surface area contributed by atoms with Crippen LogP contribution in [0.5, 0.6) is 0 Å². The first-order valence-corrected chi connectivity index (χ1v) is 10.9. The van der Waals surface area contributed by atoms with Crippen molar-refractivity contribution in [2.24, 2.45) is 0 Å². The predicted octanol–water partition coefficient (Wildman–Crippen LogP) is 4.96. The Balaban J connectivity index is 0.000000564. The van der Waals surface area contributed by atoms with E-state index in [2.05, 4.69) is 55.0 Å². The summed E-state index contributed by atoms with van der Waals surface area (Å²) in [4.78, 5) is 23.0. The van der Waals surface area contributed by atoms with Crippen LogP contribution in [0.25, 0.3) is 0 Å². The highest BCUT2D eigenvalue weighted by Crippen LogP contribution is 2.22. The maximum Gasteiger partial charge on any atom is 0.149 e. The molecule has 0 aliphatic rings. The van der Waals surface area contributed by atoms with Gasteiger partial charge in [-0.1, -0.05) is 42.0 Å². The van der Waals surface area contributed by atoms with E-state index in [4.69, 9.17) is 0 Å². The number of rotatable bonds is 14. The first kappa shape index (κ1) is 28.0. The maximum absolute atomic E-state index is 11.8. The van der Waals surface area contributed by atoms with Gasteiger partial charge in [0, 0.05) is 0 Å². The summed E-state index contributed by atoms with van der Waals surface area (Å²) < 4.78 is 0. The molecule has 2 N–H and O–H groups in total. The number of hydrogen-bond donors (Lipinski definition) is 2. The van der Waals surface area contributed by atoms with E-state index < -0.39 is 0 Å². The Hall–Kier alpha value is -2.04.